The molecule has 0 saturated carbocycles. The first-order valence-electron chi connectivity index (χ1n) is 12.2. The Hall–Kier alpha value is -4.87. The molecule has 0 aromatic heterocycles. The predicted molar refractivity (Wildman–Crippen MR) is 153 cm³/mol. The van der Waals surface area contributed by atoms with E-state index in [0.717, 1.165) is 5.56 Å². The second-order valence-corrected chi connectivity index (χ2v) is 10.4. The Bertz CT molecular complexity index is 1560. The third-order valence-corrected chi connectivity index (χ3v) is 7.42. The zero-order valence-corrected chi connectivity index (χ0v) is 22.4. The fourth-order valence-corrected chi connectivity index (χ4v) is 5.05. The number of hydrogen-bond donors (Lipinski definition) is 6. The largest absolute Gasteiger partial charge is 0.497 e. The first kappa shape index (κ1) is 28.1. The van der Waals surface area contributed by atoms with Gasteiger partial charge in [-0.25, -0.2) is 8.42 Å². The number of sulfonamides is 1. The molecule has 1 atom stereocenters. The summed E-state index contributed by atoms with van der Waals surface area (Å²) in [6.45, 7) is 0.255. The van der Waals surface area contributed by atoms with Crippen molar-refractivity contribution in [2.45, 2.75) is 17.5 Å². The van der Waals surface area contributed by atoms with Crippen LogP contribution in [0.2, 0.25) is 0 Å². The second kappa shape index (κ2) is 12.8. The molecule has 0 bridgehead atoms. The summed E-state index contributed by atoms with van der Waals surface area (Å²) in [7, 11) is -2.49. The summed E-state index contributed by atoms with van der Waals surface area (Å²) in [5, 5.41) is 22.9. The Morgan fingerprint density at radius 3 is 2.20 bits per heavy atom. The SMILES string of the molecule is COc1ccc(NS(=O)(=O)c2ccccc2)c(C(Nc2ccc(C(=N)NO)cc2)C(=O)NCc2ccccc2)c1. The van der Waals surface area contributed by atoms with Gasteiger partial charge in [0.05, 0.1) is 17.7 Å². The van der Waals surface area contributed by atoms with Crippen LogP contribution in [0.4, 0.5) is 11.4 Å². The summed E-state index contributed by atoms with van der Waals surface area (Å²) in [5.74, 6) is -0.168. The lowest BCUT2D eigenvalue weighted by Crippen LogP contribution is -2.34. The number of benzene rings is 4. The van der Waals surface area contributed by atoms with E-state index in [2.05, 4.69) is 15.4 Å². The molecular weight excluding hydrogens is 530 g/mol. The minimum Gasteiger partial charge on any atom is -0.497 e. The number of anilines is 2. The van der Waals surface area contributed by atoms with E-state index in [1.807, 2.05) is 30.3 Å². The molecule has 0 saturated heterocycles. The highest BCUT2D eigenvalue weighted by Gasteiger charge is 2.26. The lowest BCUT2D eigenvalue weighted by molar-refractivity contribution is -0.122. The number of nitrogens with one attached hydrogen (secondary N) is 5. The molecule has 10 nitrogen and oxygen atoms in total. The van der Waals surface area contributed by atoms with Crippen LogP contribution in [-0.2, 0) is 21.4 Å². The number of methoxy groups -OCH3 is 1. The van der Waals surface area contributed by atoms with E-state index in [9.17, 15) is 13.2 Å². The minimum absolute atomic E-state index is 0.0744. The lowest BCUT2D eigenvalue weighted by atomic mass is 10.0. The standard InChI is InChI=1S/C29H29N5O5S/c1-39-23-16-17-26(34-40(37,38)24-10-6-3-7-11-24)25(18-23)27(29(35)31-19-20-8-4-2-5-9-20)32-22-14-12-21(13-15-22)28(30)33-36/h2-18,27,32,34,36H,19H2,1H3,(H2,30,33)(H,31,35). The Morgan fingerprint density at radius 2 is 1.57 bits per heavy atom. The smallest absolute Gasteiger partial charge is 0.261 e. The number of hydroxylamine groups is 1. The van der Waals surface area contributed by atoms with Crippen molar-refractivity contribution in [3.63, 3.8) is 0 Å². The van der Waals surface area contributed by atoms with Gasteiger partial charge in [0, 0.05) is 23.4 Å². The Morgan fingerprint density at radius 1 is 0.925 bits per heavy atom. The maximum Gasteiger partial charge on any atom is 0.261 e. The van der Waals surface area contributed by atoms with Crippen molar-refractivity contribution in [3.8, 4) is 5.75 Å². The van der Waals surface area contributed by atoms with Crippen molar-refractivity contribution in [3.05, 3.63) is 120 Å². The predicted octanol–water partition coefficient (Wildman–Crippen LogP) is 4.27. The van der Waals surface area contributed by atoms with E-state index >= 15 is 0 Å². The van der Waals surface area contributed by atoms with Crippen LogP contribution in [0.25, 0.3) is 0 Å². The first-order valence-corrected chi connectivity index (χ1v) is 13.7. The van der Waals surface area contributed by atoms with Gasteiger partial charge in [0.25, 0.3) is 10.0 Å². The van der Waals surface area contributed by atoms with Gasteiger partial charge < -0.3 is 15.4 Å². The van der Waals surface area contributed by atoms with Gasteiger partial charge in [0.1, 0.15) is 17.6 Å². The second-order valence-electron chi connectivity index (χ2n) is 8.72. The number of rotatable bonds is 11. The summed E-state index contributed by atoms with van der Waals surface area (Å²) < 4.78 is 34.4. The van der Waals surface area contributed by atoms with Gasteiger partial charge in [0.2, 0.25) is 5.91 Å². The van der Waals surface area contributed by atoms with E-state index in [1.54, 1.807) is 66.1 Å². The topological polar surface area (TPSA) is 153 Å². The average molecular weight is 560 g/mol. The number of amidine groups is 1. The quantitative estimate of drug-likeness (QED) is 0.0912. The molecule has 0 aliphatic carbocycles. The minimum atomic E-state index is -3.97. The fraction of sp³-hybridized carbons (Fsp3) is 0.103. The first-order chi connectivity index (χ1) is 19.3. The zero-order chi connectivity index (χ0) is 28.5. The molecule has 4 rings (SSSR count). The maximum atomic E-state index is 13.7. The maximum absolute atomic E-state index is 13.7. The molecule has 0 radical (unpaired) electrons. The molecule has 40 heavy (non-hydrogen) atoms. The highest BCUT2D eigenvalue weighted by molar-refractivity contribution is 7.92. The Labute approximate surface area is 232 Å². The number of ether oxygens (including phenoxy) is 1. The zero-order valence-electron chi connectivity index (χ0n) is 21.6. The van der Waals surface area contributed by atoms with E-state index in [0.29, 0.717) is 22.6 Å². The molecule has 1 unspecified atom stereocenters. The van der Waals surface area contributed by atoms with Crippen LogP contribution in [0.5, 0.6) is 5.75 Å². The van der Waals surface area contributed by atoms with E-state index < -0.39 is 22.0 Å². The van der Waals surface area contributed by atoms with Gasteiger partial charge >= 0.3 is 0 Å². The van der Waals surface area contributed by atoms with Gasteiger partial charge in [-0.15, -0.1) is 0 Å². The molecule has 0 spiro atoms. The number of carbonyl (C=O) groups is 1. The normalized spacial score (nSPS) is 11.7. The van der Waals surface area contributed by atoms with Crippen molar-refractivity contribution in [2.24, 2.45) is 0 Å². The molecule has 11 heteroatoms. The van der Waals surface area contributed by atoms with Gasteiger partial charge in [-0.3, -0.25) is 25.6 Å². The van der Waals surface area contributed by atoms with Gasteiger partial charge in [-0.2, -0.15) is 0 Å². The van der Waals surface area contributed by atoms with E-state index in [4.69, 9.17) is 15.4 Å². The molecule has 0 heterocycles. The Balaban J connectivity index is 1.72. The van der Waals surface area contributed by atoms with Gasteiger partial charge in [-0.1, -0.05) is 48.5 Å². The lowest BCUT2D eigenvalue weighted by Gasteiger charge is -2.24. The third kappa shape index (κ3) is 6.95. The molecule has 4 aromatic carbocycles. The average Bonchev–Trinajstić information content (AvgIpc) is 2.99. The molecule has 0 fully saturated rings. The van der Waals surface area contributed by atoms with E-state index in [-0.39, 0.29) is 23.0 Å². The number of amides is 1. The van der Waals surface area contributed by atoms with Crippen LogP contribution < -0.4 is 25.6 Å². The molecule has 0 aliphatic rings. The molecule has 4 aromatic rings. The van der Waals surface area contributed by atoms with Crippen molar-refractivity contribution in [2.75, 3.05) is 17.1 Å². The number of carbonyl (C=O) groups excluding carboxylic acids is 1. The summed E-state index contributed by atoms with van der Waals surface area (Å²) in [6, 6.07) is 27.5. The molecule has 0 aliphatic heterocycles. The van der Waals surface area contributed by atoms with Crippen LogP contribution in [0.1, 0.15) is 22.7 Å². The summed E-state index contributed by atoms with van der Waals surface area (Å²) in [5.41, 5.74) is 4.16. The van der Waals surface area contributed by atoms with Crippen LogP contribution in [-0.4, -0.2) is 32.5 Å². The Kier molecular flexibility index (Phi) is 9.00. The summed E-state index contributed by atoms with van der Waals surface area (Å²) in [6.07, 6.45) is 0. The fourth-order valence-electron chi connectivity index (χ4n) is 3.94. The van der Waals surface area contributed by atoms with E-state index in [1.165, 1.54) is 19.2 Å². The van der Waals surface area contributed by atoms with Crippen LogP contribution in [0.15, 0.2) is 108 Å². The van der Waals surface area contributed by atoms with Gasteiger partial charge in [-0.05, 0) is 60.2 Å². The van der Waals surface area contributed by atoms with Gasteiger partial charge in [0.15, 0.2) is 0 Å². The monoisotopic (exact) mass is 559 g/mol. The summed E-state index contributed by atoms with van der Waals surface area (Å²) >= 11 is 0. The van der Waals surface area contributed by atoms with Crippen molar-refractivity contribution in [1.82, 2.24) is 10.8 Å². The van der Waals surface area contributed by atoms with Crippen molar-refractivity contribution in [1.29, 1.82) is 5.41 Å². The number of hydrogen-bond acceptors (Lipinski definition) is 7. The highest BCUT2D eigenvalue weighted by atomic mass is 32.2. The van der Waals surface area contributed by atoms with Crippen molar-refractivity contribution >= 4 is 33.1 Å². The van der Waals surface area contributed by atoms with Crippen LogP contribution >= 0.6 is 0 Å². The summed E-state index contributed by atoms with van der Waals surface area (Å²) in [4.78, 5) is 13.7. The van der Waals surface area contributed by atoms with Crippen LogP contribution in [0.3, 0.4) is 0 Å². The molecule has 1 amide bonds. The molecular formula is C29H29N5O5S. The molecule has 206 valence electrons. The molecule has 6 N–H and O–H groups in total. The van der Waals surface area contributed by atoms with Crippen LogP contribution in [0, 0.1) is 5.41 Å². The van der Waals surface area contributed by atoms with Crippen molar-refractivity contribution < 1.29 is 23.2 Å². The highest BCUT2D eigenvalue weighted by Crippen LogP contribution is 2.32. The third-order valence-electron chi connectivity index (χ3n) is 6.04.